The molecule has 0 spiro atoms. The predicted molar refractivity (Wildman–Crippen MR) is 106 cm³/mol. The van der Waals surface area contributed by atoms with Crippen LogP contribution in [0.1, 0.15) is 62.1 Å². The van der Waals surface area contributed by atoms with Gasteiger partial charge in [0.1, 0.15) is 0 Å². The van der Waals surface area contributed by atoms with E-state index in [9.17, 15) is 8.78 Å². The van der Waals surface area contributed by atoms with Crippen molar-refractivity contribution in [2.24, 2.45) is 5.92 Å². The van der Waals surface area contributed by atoms with E-state index in [0.717, 1.165) is 11.5 Å². The minimum atomic E-state index is -0.924. The average molecular weight is 370 g/mol. The highest BCUT2D eigenvalue weighted by atomic mass is 19.2. The van der Waals surface area contributed by atoms with Gasteiger partial charge in [0.05, 0.1) is 6.26 Å². The van der Waals surface area contributed by atoms with Crippen molar-refractivity contribution >= 4 is 0 Å². The molecule has 2 aromatic rings. The molecule has 144 valence electrons. The van der Waals surface area contributed by atoms with Gasteiger partial charge >= 0.3 is 0 Å². The summed E-state index contributed by atoms with van der Waals surface area (Å²) in [6, 6.07) is 11.8. The summed E-state index contributed by atoms with van der Waals surface area (Å²) in [6.45, 7) is 4.09. The van der Waals surface area contributed by atoms with Gasteiger partial charge in [-0.15, -0.1) is 0 Å². The van der Waals surface area contributed by atoms with Crippen molar-refractivity contribution in [2.75, 3.05) is 0 Å². The second kappa shape index (κ2) is 9.16. The van der Waals surface area contributed by atoms with Gasteiger partial charge in [-0.3, -0.25) is 0 Å². The fourth-order valence-corrected chi connectivity index (χ4v) is 3.83. The molecule has 0 aliphatic heterocycles. The van der Waals surface area contributed by atoms with Gasteiger partial charge in [-0.1, -0.05) is 56.2 Å². The Balaban J connectivity index is 1.61. The fraction of sp³-hybridized carbons (Fsp3) is 0.417. The van der Waals surface area contributed by atoms with Crippen molar-refractivity contribution in [1.29, 1.82) is 0 Å². The van der Waals surface area contributed by atoms with Crippen molar-refractivity contribution in [3.63, 3.8) is 0 Å². The number of halogens is 2. The van der Waals surface area contributed by atoms with Crippen LogP contribution in [0.5, 0.6) is 5.75 Å². The second-order valence-electron chi connectivity index (χ2n) is 7.64. The lowest BCUT2D eigenvalue weighted by molar-refractivity contribution is 0.348. The summed E-state index contributed by atoms with van der Waals surface area (Å²) in [5.74, 6) is -0.296. The topological polar surface area (TPSA) is 9.23 Å². The van der Waals surface area contributed by atoms with Crippen LogP contribution in [0.15, 0.2) is 48.7 Å². The largest absolute Gasteiger partial charge is 0.462 e. The first kappa shape index (κ1) is 19.6. The summed E-state index contributed by atoms with van der Waals surface area (Å²) in [5.41, 5.74) is 2.94. The lowest BCUT2D eigenvalue weighted by Crippen LogP contribution is -2.10. The molecule has 3 heteroatoms. The van der Waals surface area contributed by atoms with Crippen LogP contribution >= 0.6 is 0 Å². The van der Waals surface area contributed by atoms with E-state index >= 15 is 0 Å². The van der Waals surface area contributed by atoms with Gasteiger partial charge in [-0.25, -0.2) is 4.39 Å². The smallest absolute Gasteiger partial charge is 0.201 e. The maximum absolute atomic E-state index is 14.3. The third-order valence-corrected chi connectivity index (χ3v) is 5.61. The van der Waals surface area contributed by atoms with Gasteiger partial charge in [-0.2, -0.15) is 4.39 Å². The predicted octanol–water partition coefficient (Wildman–Crippen LogP) is 6.96. The van der Waals surface area contributed by atoms with Crippen LogP contribution in [0.25, 0.3) is 0 Å². The van der Waals surface area contributed by atoms with E-state index in [-0.39, 0.29) is 5.75 Å². The molecule has 0 atom stereocenters. The Morgan fingerprint density at radius 1 is 0.926 bits per heavy atom. The molecule has 0 bridgehead atoms. The summed E-state index contributed by atoms with van der Waals surface area (Å²) in [7, 11) is 0. The second-order valence-corrected chi connectivity index (χ2v) is 7.64. The molecule has 0 amide bonds. The Morgan fingerprint density at radius 2 is 1.63 bits per heavy atom. The summed E-state index contributed by atoms with van der Waals surface area (Å²) < 4.78 is 33.4. The van der Waals surface area contributed by atoms with Crippen LogP contribution in [-0.4, -0.2) is 0 Å². The first-order valence-corrected chi connectivity index (χ1v) is 9.92. The van der Waals surface area contributed by atoms with E-state index in [4.69, 9.17) is 4.74 Å². The van der Waals surface area contributed by atoms with Crippen molar-refractivity contribution in [3.05, 3.63) is 77.1 Å². The lowest BCUT2D eigenvalue weighted by atomic mass is 9.79. The molecule has 27 heavy (non-hydrogen) atoms. The van der Waals surface area contributed by atoms with E-state index in [1.54, 1.807) is 19.1 Å². The molecule has 3 rings (SSSR count). The normalized spacial score (nSPS) is 20.1. The quantitative estimate of drug-likeness (QED) is 0.500. The molecule has 2 aromatic carbocycles. The molecule has 0 N–H and O–H groups in total. The molecule has 0 heterocycles. The Kier molecular flexibility index (Phi) is 6.65. The highest BCUT2D eigenvalue weighted by Crippen LogP contribution is 2.35. The zero-order valence-corrected chi connectivity index (χ0v) is 16.2. The number of allylic oxidation sites excluding steroid dienone is 1. The molecule has 0 unspecified atom stereocenters. The monoisotopic (exact) mass is 370 g/mol. The van der Waals surface area contributed by atoms with E-state index in [1.165, 1.54) is 43.6 Å². The zero-order chi connectivity index (χ0) is 19.2. The Labute approximate surface area is 161 Å². The minimum Gasteiger partial charge on any atom is -0.462 e. The molecule has 1 nitrogen and oxygen atoms in total. The Morgan fingerprint density at radius 3 is 2.30 bits per heavy atom. The standard InChI is InChI=1S/C24H28F2O/c1-3-16-27-22-15-14-21(23(25)24(22)26)13-8-18-6-11-20(12-7-18)19-9-4-17(2)5-10-19/h3,6-7,11-12,14-17,19H,4-5,8-10,13H2,1-2H3/b16-3+. The first-order valence-electron chi connectivity index (χ1n) is 9.92. The number of benzene rings is 2. The molecule has 0 radical (unpaired) electrons. The Bertz CT molecular complexity index is 772. The van der Waals surface area contributed by atoms with E-state index in [1.807, 2.05) is 0 Å². The maximum Gasteiger partial charge on any atom is 0.201 e. The van der Waals surface area contributed by atoms with Gasteiger partial charge in [0, 0.05) is 0 Å². The van der Waals surface area contributed by atoms with Crippen molar-refractivity contribution < 1.29 is 13.5 Å². The summed E-state index contributed by atoms with van der Waals surface area (Å²) in [5, 5.41) is 0. The summed E-state index contributed by atoms with van der Waals surface area (Å²) >= 11 is 0. The molecule has 0 saturated heterocycles. The zero-order valence-electron chi connectivity index (χ0n) is 16.2. The highest BCUT2D eigenvalue weighted by Gasteiger charge is 2.19. The van der Waals surface area contributed by atoms with Gasteiger partial charge in [-0.05, 0) is 67.2 Å². The van der Waals surface area contributed by atoms with Gasteiger partial charge in [0.2, 0.25) is 5.82 Å². The van der Waals surface area contributed by atoms with Crippen molar-refractivity contribution in [1.82, 2.24) is 0 Å². The Hall–Kier alpha value is -2.16. The molecule has 0 aromatic heterocycles. The molecule has 1 aliphatic carbocycles. The van der Waals surface area contributed by atoms with Gasteiger partial charge in [0.15, 0.2) is 11.6 Å². The van der Waals surface area contributed by atoms with Crippen LogP contribution in [0.3, 0.4) is 0 Å². The van der Waals surface area contributed by atoms with Crippen molar-refractivity contribution in [3.8, 4) is 5.75 Å². The minimum absolute atomic E-state index is 0.0829. The SMILES string of the molecule is C/C=C/Oc1ccc(CCc2ccc(C3CCC(C)CC3)cc2)c(F)c1F. The summed E-state index contributed by atoms with van der Waals surface area (Å²) in [4.78, 5) is 0. The molecule has 1 aliphatic rings. The van der Waals surface area contributed by atoms with E-state index in [2.05, 4.69) is 31.2 Å². The van der Waals surface area contributed by atoms with Crippen LogP contribution in [-0.2, 0) is 12.8 Å². The van der Waals surface area contributed by atoms with Gasteiger partial charge in [0.25, 0.3) is 0 Å². The van der Waals surface area contributed by atoms with Crippen molar-refractivity contribution in [2.45, 2.75) is 58.3 Å². The number of aryl methyl sites for hydroxylation is 2. The fourth-order valence-electron chi connectivity index (χ4n) is 3.83. The molecular formula is C24H28F2O. The average Bonchev–Trinajstić information content (AvgIpc) is 2.69. The lowest BCUT2D eigenvalue weighted by Gasteiger charge is -2.26. The van der Waals surface area contributed by atoms with Crippen LogP contribution in [0.4, 0.5) is 8.78 Å². The summed E-state index contributed by atoms with van der Waals surface area (Å²) in [6.07, 6.45) is 9.28. The number of rotatable bonds is 6. The molecular weight excluding hydrogens is 342 g/mol. The molecule has 1 saturated carbocycles. The highest BCUT2D eigenvalue weighted by molar-refractivity contribution is 5.33. The third kappa shape index (κ3) is 4.97. The van der Waals surface area contributed by atoms with E-state index < -0.39 is 11.6 Å². The van der Waals surface area contributed by atoms with Crippen LogP contribution in [0, 0.1) is 17.6 Å². The van der Waals surface area contributed by atoms with Gasteiger partial charge < -0.3 is 4.74 Å². The molecule has 1 fully saturated rings. The first-order chi connectivity index (χ1) is 13.1. The maximum atomic E-state index is 14.3. The third-order valence-electron chi connectivity index (χ3n) is 5.61. The van der Waals surface area contributed by atoms with Crippen LogP contribution in [0.2, 0.25) is 0 Å². The van der Waals surface area contributed by atoms with Crippen LogP contribution < -0.4 is 4.74 Å². The number of hydrogen-bond donors (Lipinski definition) is 0. The van der Waals surface area contributed by atoms with E-state index in [0.29, 0.717) is 24.3 Å². The number of hydrogen-bond acceptors (Lipinski definition) is 1. The number of ether oxygens (including phenoxy) is 1.